The van der Waals surface area contributed by atoms with Gasteiger partial charge in [0.1, 0.15) is 11.2 Å². The molecule has 8 heteroatoms. The SMILES string of the molecule is [2H]c1c([2H])c(-n2c3ccccc3c3ccccc32)c(-c2nc(-n3c4ccccc4c4ccccc43)nc(-n3c4ccccc4c4ccccc43)n2)c(-n2c3ccccc3c3ccc4oc5ccccc5c4c32)c1[2H]. The second-order valence-electron chi connectivity index (χ2n) is 18.1. The summed E-state index contributed by atoms with van der Waals surface area (Å²) >= 11 is 0. The zero-order chi connectivity index (χ0) is 48.9. The summed E-state index contributed by atoms with van der Waals surface area (Å²) in [6.07, 6.45) is 0. The van der Waals surface area contributed by atoms with Gasteiger partial charge in [0.15, 0.2) is 5.82 Å². The van der Waals surface area contributed by atoms with E-state index < -0.39 is 0 Å². The maximum absolute atomic E-state index is 10.4. The fourth-order valence-electron chi connectivity index (χ4n) is 11.5. The molecule has 0 spiro atoms. The van der Waals surface area contributed by atoms with Gasteiger partial charge < -0.3 is 13.6 Å². The molecule has 16 aromatic rings. The van der Waals surface area contributed by atoms with E-state index in [2.05, 4.69) is 115 Å². The van der Waals surface area contributed by atoms with Crippen molar-refractivity contribution in [3.05, 3.63) is 224 Å². The van der Waals surface area contributed by atoms with E-state index in [1.165, 1.54) is 0 Å². The van der Waals surface area contributed by atoms with Gasteiger partial charge in [0.25, 0.3) is 0 Å². The van der Waals surface area contributed by atoms with E-state index in [1.807, 2.05) is 109 Å². The normalized spacial score (nSPS) is 12.8. The highest BCUT2D eigenvalue weighted by Gasteiger charge is 2.28. The van der Waals surface area contributed by atoms with Crippen LogP contribution in [0, 0.1) is 0 Å². The topological polar surface area (TPSA) is 71.5 Å². The van der Waals surface area contributed by atoms with Gasteiger partial charge in [-0.25, -0.2) is 0 Å². The van der Waals surface area contributed by atoms with Crippen molar-refractivity contribution >= 4 is 109 Å². The van der Waals surface area contributed by atoms with Crippen molar-refractivity contribution in [2.24, 2.45) is 0 Å². The Morgan fingerprint density at radius 3 is 1.15 bits per heavy atom. The molecule has 0 unspecified atom stereocenters. The van der Waals surface area contributed by atoms with Gasteiger partial charge in [0, 0.05) is 48.5 Å². The Labute approximate surface area is 408 Å². The summed E-state index contributed by atoms with van der Waals surface area (Å²) in [5.41, 5.74) is 9.40. The van der Waals surface area contributed by atoms with E-state index in [-0.39, 0.29) is 24.0 Å². The minimum Gasteiger partial charge on any atom is -0.456 e. The molecule has 0 aliphatic rings. The van der Waals surface area contributed by atoms with Gasteiger partial charge in [-0.15, -0.1) is 0 Å². The van der Waals surface area contributed by atoms with Gasteiger partial charge in [-0.2, -0.15) is 15.0 Å². The molecule has 6 aromatic heterocycles. The van der Waals surface area contributed by atoms with Crippen molar-refractivity contribution in [1.29, 1.82) is 0 Å². The maximum atomic E-state index is 10.4. The largest absolute Gasteiger partial charge is 0.456 e. The van der Waals surface area contributed by atoms with Crippen molar-refractivity contribution in [2.45, 2.75) is 0 Å². The number of para-hydroxylation sites is 8. The van der Waals surface area contributed by atoms with Crippen molar-refractivity contribution < 1.29 is 8.53 Å². The second kappa shape index (κ2) is 14.4. The summed E-state index contributed by atoms with van der Waals surface area (Å²) in [5, 5.41) is 9.79. The van der Waals surface area contributed by atoms with Gasteiger partial charge >= 0.3 is 0 Å². The Morgan fingerprint density at radius 2 is 0.690 bits per heavy atom. The first kappa shape index (κ1) is 35.4. The number of nitrogens with zero attached hydrogens (tertiary/aromatic N) is 7. The first-order chi connectivity index (χ1) is 36.5. The lowest BCUT2D eigenvalue weighted by Gasteiger charge is -2.20. The van der Waals surface area contributed by atoms with Crippen molar-refractivity contribution in [3.8, 4) is 34.7 Å². The fraction of sp³-hybridized carbons (Fsp3) is 0. The van der Waals surface area contributed by atoms with Gasteiger partial charge in [-0.3, -0.25) is 9.13 Å². The number of benzene rings is 10. The molecule has 10 aromatic carbocycles. The van der Waals surface area contributed by atoms with Crippen LogP contribution in [-0.4, -0.2) is 33.2 Å². The van der Waals surface area contributed by atoms with E-state index >= 15 is 0 Å². The molecule has 6 heterocycles. The third kappa shape index (κ3) is 5.25. The van der Waals surface area contributed by atoms with E-state index in [1.54, 1.807) is 0 Å². The van der Waals surface area contributed by atoms with Crippen molar-refractivity contribution in [2.75, 3.05) is 0 Å². The summed E-state index contributed by atoms with van der Waals surface area (Å²) in [6.45, 7) is 0. The summed E-state index contributed by atoms with van der Waals surface area (Å²) in [7, 11) is 0. The van der Waals surface area contributed by atoms with Crippen LogP contribution in [0.3, 0.4) is 0 Å². The number of hydrogen-bond acceptors (Lipinski definition) is 4. The van der Waals surface area contributed by atoms with Crippen LogP contribution in [0.2, 0.25) is 0 Å². The molecule has 0 aliphatic heterocycles. The molecule has 0 fully saturated rings. The molecule has 0 aliphatic carbocycles. The molecule has 0 saturated carbocycles. The zero-order valence-corrected chi connectivity index (χ0v) is 37.7. The summed E-state index contributed by atoms with van der Waals surface area (Å²) in [6, 6.07) is 69.3. The molecule has 8 nitrogen and oxygen atoms in total. The Bertz CT molecular complexity index is 4800. The van der Waals surface area contributed by atoms with E-state index in [0.717, 1.165) is 104 Å². The van der Waals surface area contributed by atoms with Crippen LogP contribution in [0.4, 0.5) is 0 Å². The molecule has 0 saturated heterocycles. The minimum absolute atomic E-state index is 0.142. The van der Waals surface area contributed by atoms with E-state index in [0.29, 0.717) is 34.4 Å². The Kier molecular flexibility index (Phi) is 7.16. The van der Waals surface area contributed by atoms with Crippen LogP contribution < -0.4 is 0 Å². The van der Waals surface area contributed by atoms with Crippen LogP contribution in [0.5, 0.6) is 0 Å². The molecule has 16 rings (SSSR count). The number of furan rings is 1. The fourth-order valence-corrected chi connectivity index (χ4v) is 11.5. The average Bonchev–Trinajstić information content (AvgIpc) is 4.25. The Morgan fingerprint density at radius 1 is 0.324 bits per heavy atom. The number of fused-ring (bicyclic) bond motifs is 16. The lowest BCUT2D eigenvalue weighted by molar-refractivity contribution is 0.669. The van der Waals surface area contributed by atoms with Gasteiger partial charge in [0.2, 0.25) is 11.9 Å². The molecule has 0 radical (unpaired) electrons. The molecular weight excluding hydrogens is 871 g/mol. The molecule has 71 heavy (non-hydrogen) atoms. The second-order valence-corrected chi connectivity index (χ2v) is 18.1. The zero-order valence-electron chi connectivity index (χ0n) is 40.7. The average molecular weight is 911 g/mol. The highest BCUT2D eigenvalue weighted by atomic mass is 16.3. The first-order valence-corrected chi connectivity index (χ1v) is 23.7. The third-order valence-corrected chi connectivity index (χ3v) is 14.4. The van der Waals surface area contributed by atoms with Gasteiger partial charge in [-0.1, -0.05) is 152 Å². The van der Waals surface area contributed by atoms with Gasteiger partial charge in [-0.05, 0) is 72.7 Å². The van der Waals surface area contributed by atoms with Crippen LogP contribution in [-0.2, 0) is 0 Å². The minimum atomic E-state index is -0.241. The Balaban J connectivity index is 1.16. The molecule has 0 amide bonds. The maximum Gasteiger partial charge on any atom is 0.240 e. The lowest BCUT2D eigenvalue weighted by atomic mass is 10.1. The molecular formula is C63H37N7O. The summed E-state index contributed by atoms with van der Waals surface area (Å²) in [4.78, 5) is 16.8. The summed E-state index contributed by atoms with van der Waals surface area (Å²) < 4.78 is 45.6. The van der Waals surface area contributed by atoms with Crippen LogP contribution >= 0.6 is 0 Å². The predicted octanol–water partition coefficient (Wildman–Crippen LogP) is 15.8. The third-order valence-electron chi connectivity index (χ3n) is 14.4. The molecule has 0 bridgehead atoms. The summed E-state index contributed by atoms with van der Waals surface area (Å²) in [5.74, 6) is 0.918. The monoisotopic (exact) mass is 910 g/mol. The van der Waals surface area contributed by atoms with E-state index in [9.17, 15) is 4.11 Å². The first-order valence-electron chi connectivity index (χ1n) is 25.2. The lowest BCUT2D eigenvalue weighted by Crippen LogP contribution is -2.12. The highest BCUT2D eigenvalue weighted by molar-refractivity contribution is 6.25. The van der Waals surface area contributed by atoms with Crippen LogP contribution in [0.1, 0.15) is 4.11 Å². The van der Waals surface area contributed by atoms with E-state index in [4.69, 9.17) is 19.4 Å². The molecule has 330 valence electrons. The van der Waals surface area contributed by atoms with Crippen LogP contribution in [0.15, 0.2) is 229 Å². The molecule has 0 N–H and O–H groups in total. The molecule has 0 atom stereocenters. The Hall–Kier alpha value is -9.79. The quantitative estimate of drug-likeness (QED) is 0.172. The number of aromatic nitrogens is 7. The van der Waals surface area contributed by atoms with Crippen molar-refractivity contribution in [1.82, 2.24) is 33.2 Å². The van der Waals surface area contributed by atoms with Crippen molar-refractivity contribution in [3.63, 3.8) is 0 Å². The number of hydrogen-bond donors (Lipinski definition) is 0. The van der Waals surface area contributed by atoms with Gasteiger partial charge in [0.05, 0.1) is 70.6 Å². The van der Waals surface area contributed by atoms with Crippen LogP contribution in [0.25, 0.3) is 144 Å². The standard InChI is InChI=1S/C63H37N7O/c1-9-26-47-38(18-1)39-19-2-10-27-48(39)67(47)54-33-17-34-55(68-49-28-11-7-24-44(49)45-36-37-57-58(60(45)68)46-25-8-16-35-56(46)71-57)59(54)61-64-62(69-50-29-12-3-20-40(50)41-21-4-13-30-51(41)69)66-63(65-61)70-52-31-14-5-22-42(52)43-23-6-15-32-53(43)70/h1-37H/i17D,33D,34D. The highest BCUT2D eigenvalue weighted by Crippen LogP contribution is 2.45. The smallest absolute Gasteiger partial charge is 0.240 e. The predicted molar refractivity (Wildman–Crippen MR) is 290 cm³/mol. The number of rotatable bonds is 5.